The maximum atomic E-state index is 4.79. The van der Waals surface area contributed by atoms with Gasteiger partial charge in [-0.05, 0) is 26.3 Å². The molecule has 130 valence electrons. The number of hydrogen-bond acceptors (Lipinski definition) is 3. The number of fused-ring (bicyclic) bond motifs is 1. The molecule has 2 aromatic heterocycles. The average Bonchev–Trinajstić information content (AvgIpc) is 3.05. The van der Waals surface area contributed by atoms with Crippen molar-refractivity contribution < 1.29 is 4.90 Å². The van der Waals surface area contributed by atoms with E-state index in [2.05, 4.69) is 61.1 Å². The molecule has 4 rings (SSSR count). The van der Waals surface area contributed by atoms with Crippen molar-refractivity contribution in [1.82, 2.24) is 14.6 Å². The van der Waals surface area contributed by atoms with Crippen LogP contribution in [-0.2, 0) is 0 Å². The van der Waals surface area contributed by atoms with Crippen molar-refractivity contribution in [2.45, 2.75) is 20.8 Å². The van der Waals surface area contributed by atoms with Crippen molar-refractivity contribution in [2.24, 2.45) is 0 Å². The molecule has 1 fully saturated rings. The van der Waals surface area contributed by atoms with Crippen LogP contribution in [-0.4, -0.2) is 47.3 Å². The van der Waals surface area contributed by atoms with Gasteiger partial charge in [-0.1, -0.05) is 29.8 Å². The van der Waals surface area contributed by atoms with E-state index in [0.717, 1.165) is 35.8 Å². The lowest BCUT2D eigenvalue weighted by atomic mass is 10.1. The Morgan fingerprint density at radius 2 is 1.80 bits per heavy atom. The number of aromatic nitrogens is 3. The number of hydrogen-bond donors (Lipinski definition) is 1. The summed E-state index contributed by atoms with van der Waals surface area (Å²) < 4.78 is 2.01. The van der Waals surface area contributed by atoms with Crippen LogP contribution >= 0.6 is 0 Å². The van der Waals surface area contributed by atoms with E-state index >= 15 is 0 Å². The smallest absolute Gasteiger partial charge is 0.165 e. The molecule has 0 spiro atoms. The fraction of sp³-hybridized carbons (Fsp3) is 0.400. The first kappa shape index (κ1) is 16.1. The maximum Gasteiger partial charge on any atom is 0.165 e. The first-order valence-corrected chi connectivity index (χ1v) is 9.16. The summed E-state index contributed by atoms with van der Waals surface area (Å²) in [5.41, 5.74) is 5.53. The second kappa shape index (κ2) is 6.48. The summed E-state index contributed by atoms with van der Waals surface area (Å²) in [5.74, 6) is 1.16. The van der Waals surface area contributed by atoms with Crippen LogP contribution in [0.3, 0.4) is 0 Å². The van der Waals surface area contributed by atoms with Crippen molar-refractivity contribution >= 4 is 11.5 Å². The minimum Gasteiger partial charge on any atom is -0.345 e. The van der Waals surface area contributed by atoms with Crippen molar-refractivity contribution in [3.8, 4) is 11.1 Å². The van der Waals surface area contributed by atoms with Crippen LogP contribution in [0.15, 0.2) is 36.5 Å². The summed E-state index contributed by atoms with van der Waals surface area (Å²) in [6, 6.07) is 10.7. The zero-order chi connectivity index (χ0) is 17.4. The molecule has 25 heavy (non-hydrogen) atoms. The molecule has 1 saturated heterocycles. The Labute approximate surface area is 148 Å². The Kier molecular flexibility index (Phi) is 4.17. The second-order valence-corrected chi connectivity index (χ2v) is 7.01. The topological polar surface area (TPSA) is 37.9 Å². The van der Waals surface area contributed by atoms with Crippen molar-refractivity contribution in [3.05, 3.63) is 47.8 Å². The molecule has 1 aromatic carbocycles. The van der Waals surface area contributed by atoms with Gasteiger partial charge in [-0.3, -0.25) is 0 Å². The molecule has 0 radical (unpaired) electrons. The lowest BCUT2D eigenvalue weighted by molar-refractivity contribution is -0.898. The number of nitrogens with one attached hydrogen (secondary N) is 1. The number of benzene rings is 1. The molecule has 3 heterocycles. The Morgan fingerprint density at radius 3 is 2.48 bits per heavy atom. The highest BCUT2D eigenvalue weighted by Crippen LogP contribution is 2.27. The second-order valence-electron chi connectivity index (χ2n) is 7.01. The molecule has 0 saturated carbocycles. The van der Waals surface area contributed by atoms with Crippen LogP contribution in [0.2, 0.25) is 0 Å². The molecule has 1 aliphatic heterocycles. The van der Waals surface area contributed by atoms with E-state index in [-0.39, 0.29) is 0 Å². The highest BCUT2D eigenvalue weighted by atomic mass is 15.4. The first-order valence-electron chi connectivity index (χ1n) is 9.16. The summed E-state index contributed by atoms with van der Waals surface area (Å²) in [6.45, 7) is 12.2. The molecule has 0 unspecified atom stereocenters. The number of likely N-dealkylation sites (N-methyl/N-ethyl adjacent to an activating group) is 1. The van der Waals surface area contributed by atoms with Crippen molar-refractivity contribution in [2.75, 3.05) is 37.6 Å². The van der Waals surface area contributed by atoms with Gasteiger partial charge in [0.2, 0.25) is 0 Å². The van der Waals surface area contributed by atoms with Crippen LogP contribution in [0.5, 0.6) is 0 Å². The third-order valence-electron chi connectivity index (χ3n) is 5.24. The molecule has 1 N–H and O–H groups in total. The number of rotatable bonds is 3. The molecule has 0 bridgehead atoms. The third-order valence-corrected chi connectivity index (χ3v) is 5.24. The number of quaternary nitrogens is 1. The third kappa shape index (κ3) is 3.00. The lowest BCUT2D eigenvalue weighted by Crippen LogP contribution is -3.14. The van der Waals surface area contributed by atoms with E-state index in [1.807, 2.05) is 10.7 Å². The van der Waals surface area contributed by atoms with Crippen molar-refractivity contribution in [1.29, 1.82) is 0 Å². The van der Waals surface area contributed by atoms with E-state index in [1.165, 1.54) is 30.8 Å². The van der Waals surface area contributed by atoms with Crippen LogP contribution < -0.4 is 9.80 Å². The number of piperazine rings is 1. The van der Waals surface area contributed by atoms with E-state index < -0.39 is 0 Å². The molecule has 5 heteroatoms. The normalized spacial score (nSPS) is 15.9. The number of anilines is 1. The predicted octanol–water partition coefficient (Wildman–Crippen LogP) is 1.74. The fourth-order valence-corrected chi connectivity index (χ4v) is 3.63. The quantitative estimate of drug-likeness (QED) is 0.792. The van der Waals surface area contributed by atoms with E-state index in [9.17, 15) is 0 Å². The molecule has 0 amide bonds. The Balaban J connectivity index is 1.75. The monoisotopic (exact) mass is 336 g/mol. The Hall–Kier alpha value is -2.40. The van der Waals surface area contributed by atoms with E-state index in [0.29, 0.717) is 0 Å². The largest absolute Gasteiger partial charge is 0.345 e. The van der Waals surface area contributed by atoms with Gasteiger partial charge in [0.15, 0.2) is 5.65 Å². The minimum atomic E-state index is 0.948. The van der Waals surface area contributed by atoms with E-state index in [4.69, 9.17) is 4.98 Å². The summed E-state index contributed by atoms with van der Waals surface area (Å²) in [5, 5.41) is 4.68. The van der Waals surface area contributed by atoms with Crippen LogP contribution in [0.25, 0.3) is 16.8 Å². The van der Waals surface area contributed by atoms with Gasteiger partial charge in [0.1, 0.15) is 5.82 Å². The van der Waals surface area contributed by atoms with Crippen LogP contribution in [0, 0.1) is 13.8 Å². The molecule has 0 aliphatic carbocycles. The lowest BCUT2D eigenvalue weighted by Gasteiger charge is -2.33. The zero-order valence-corrected chi connectivity index (χ0v) is 15.3. The van der Waals surface area contributed by atoms with E-state index in [1.54, 1.807) is 4.90 Å². The summed E-state index contributed by atoms with van der Waals surface area (Å²) in [4.78, 5) is 8.92. The van der Waals surface area contributed by atoms with Gasteiger partial charge in [0, 0.05) is 17.3 Å². The SMILES string of the molecule is CC[NH+]1CCN(c2cc(C)nc3c(-c4ccc(C)cc4)cnn23)CC1. The molecule has 0 atom stereocenters. The van der Waals surface area contributed by atoms with Gasteiger partial charge in [-0.25, -0.2) is 4.98 Å². The van der Waals surface area contributed by atoms with Crippen LogP contribution in [0.1, 0.15) is 18.2 Å². The maximum absolute atomic E-state index is 4.79. The molecular weight excluding hydrogens is 310 g/mol. The molecule has 5 nitrogen and oxygen atoms in total. The van der Waals surface area contributed by atoms with Gasteiger partial charge in [0.25, 0.3) is 0 Å². The summed E-state index contributed by atoms with van der Waals surface area (Å²) in [6.07, 6.45) is 1.95. The molecule has 3 aromatic rings. The van der Waals surface area contributed by atoms with Gasteiger partial charge < -0.3 is 9.80 Å². The van der Waals surface area contributed by atoms with Crippen molar-refractivity contribution in [3.63, 3.8) is 0 Å². The molecular formula is C20H26N5+. The summed E-state index contributed by atoms with van der Waals surface area (Å²) >= 11 is 0. The molecule has 1 aliphatic rings. The zero-order valence-electron chi connectivity index (χ0n) is 15.3. The summed E-state index contributed by atoms with van der Waals surface area (Å²) in [7, 11) is 0. The number of nitrogens with zero attached hydrogens (tertiary/aromatic N) is 4. The Morgan fingerprint density at radius 1 is 1.08 bits per heavy atom. The standard InChI is InChI=1S/C20H25N5/c1-4-23-9-11-24(12-10-23)19-13-16(3)22-20-18(14-21-25(19)20)17-7-5-15(2)6-8-17/h5-8,13-14H,4,9-12H2,1-3H3/p+1. The number of aryl methyl sites for hydroxylation is 2. The fourth-order valence-electron chi connectivity index (χ4n) is 3.63. The Bertz CT molecular complexity index is 873. The average molecular weight is 336 g/mol. The van der Waals surface area contributed by atoms with Gasteiger partial charge >= 0.3 is 0 Å². The first-order chi connectivity index (χ1) is 12.2. The minimum absolute atomic E-state index is 0.948. The highest BCUT2D eigenvalue weighted by Gasteiger charge is 2.22. The van der Waals surface area contributed by atoms with Gasteiger partial charge in [-0.2, -0.15) is 9.61 Å². The van der Waals surface area contributed by atoms with Gasteiger partial charge in [-0.15, -0.1) is 0 Å². The highest BCUT2D eigenvalue weighted by molar-refractivity contribution is 5.78. The van der Waals surface area contributed by atoms with Crippen LogP contribution in [0.4, 0.5) is 5.82 Å². The van der Waals surface area contributed by atoms with Gasteiger partial charge in [0.05, 0.1) is 38.9 Å². The predicted molar refractivity (Wildman–Crippen MR) is 101 cm³/mol.